The molecule has 2 aromatic carbocycles. The lowest BCUT2D eigenvalue weighted by molar-refractivity contribution is -0.138. The van der Waals surface area contributed by atoms with Crippen molar-refractivity contribution in [3.05, 3.63) is 48.5 Å². The molecular weight excluding hydrogens is 330 g/mol. The number of para-hydroxylation sites is 1. The molecule has 0 aliphatic rings. The smallest absolute Gasteiger partial charge is 0.325 e. The van der Waals surface area contributed by atoms with Gasteiger partial charge in [-0.2, -0.15) is 0 Å². The van der Waals surface area contributed by atoms with Gasteiger partial charge in [0.25, 0.3) is 0 Å². The van der Waals surface area contributed by atoms with Crippen LogP contribution in [0.15, 0.2) is 48.5 Å². The zero-order valence-electron chi connectivity index (χ0n) is 14.9. The van der Waals surface area contributed by atoms with Crippen LogP contribution in [0.1, 0.15) is 13.3 Å². The van der Waals surface area contributed by atoms with Gasteiger partial charge in [-0.3, -0.25) is 4.79 Å². The molecule has 0 radical (unpaired) electrons. The maximum Gasteiger partial charge on any atom is 0.325 e. The highest BCUT2D eigenvalue weighted by atomic mass is 16.5. The van der Waals surface area contributed by atoms with E-state index in [0.717, 1.165) is 28.6 Å². The van der Waals surface area contributed by atoms with E-state index in [1.165, 1.54) is 7.11 Å². The summed E-state index contributed by atoms with van der Waals surface area (Å²) in [5.41, 5.74) is 1.68. The minimum atomic E-state index is -0.355. The maximum atomic E-state index is 11.5. The standard InChI is InChI=1S/C20H21N3O3/c1-3-12-26-15-10-8-14(9-11-15)19-22-17-7-5-4-6-16(17)20(23-19)21-13-18(24)25-2/h4-11H,3,12-13H2,1-2H3,(H,21,22,23). The quantitative estimate of drug-likeness (QED) is 0.655. The summed E-state index contributed by atoms with van der Waals surface area (Å²) in [5.74, 6) is 1.65. The highest BCUT2D eigenvalue weighted by molar-refractivity contribution is 5.91. The predicted molar refractivity (Wildman–Crippen MR) is 101 cm³/mol. The molecule has 6 heteroatoms. The SMILES string of the molecule is CCCOc1ccc(-c2nc(NCC(=O)OC)c3ccccc3n2)cc1. The maximum absolute atomic E-state index is 11.5. The van der Waals surface area contributed by atoms with Crippen LogP contribution >= 0.6 is 0 Å². The minimum Gasteiger partial charge on any atom is -0.494 e. The van der Waals surface area contributed by atoms with Gasteiger partial charge in [-0.1, -0.05) is 19.1 Å². The Balaban J connectivity index is 1.94. The molecule has 1 aromatic heterocycles. The van der Waals surface area contributed by atoms with Crippen molar-refractivity contribution in [1.82, 2.24) is 9.97 Å². The molecule has 3 aromatic rings. The summed E-state index contributed by atoms with van der Waals surface area (Å²) >= 11 is 0. The number of benzene rings is 2. The van der Waals surface area contributed by atoms with Crippen molar-refractivity contribution in [2.45, 2.75) is 13.3 Å². The van der Waals surface area contributed by atoms with Crippen molar-refractivity contribution in [2.75, 3.05) is 25.6 Å². The molecule has 0 aliphatic carbocycles. The number of carbonyl (C=O) groups excluding carboxylic acids is 1. The lowest BCUT2D eigenvalue weighted by Gasteiger charge is -2.11. The number of aromatic nitrogens is 2. The zero-order chi connectivity index (χ0) is 18.4. The van der Waals surface area contributed by atoms with E-state index in [1.807, 2.05) is 48.5 Å². The number of fused-ring (bicyclic) bond motifs is 1. The Bertz CT molecular complexity index is 894. The van der Waals surface area contributed by atoms with Crippen molar-refractivity contribution in [3.63, 3.8) is 0 Å². The average molecular weight is 351 g/mol. The third kappa shape index (κ3) is 4.08. The number of nitrogens with zero attached hydrogens (tertiary/aromatic N) is 2. The number of ether oxygens (including phenoxy) is 2. The average Bonchev–Trinajstić information content (AvgIpc) is 2.70. The first-order chi connectivity index (χ1) is 12.7. The number of methoxy groups -OCH3 is 1. The summed E-state index contributed by atoms with van der Waals surface area (Å²) in [7, 11) is 1.36. The number of rotatable bonds is 7. The molecule has 0 amide bonds. The van der Waals surface area contributed by atoms with Gasteiger partial charge >= 0.3 is 5.97 Å². The molecule has 0 saturated carbocycles. The monoisotopic (exact) mass is 351 g/mol. The molecule has 134 valence electrons. The number of anilines is 1. The third-order valence-corrected chi connectivity index (χ3v) is 3.82. The molecule has 0 spiro atoms. The van der Waals surface area contributed by atoms with Gasteiger partial charge in [0, 0.05) is 10.9 Å². The summed E-state index contributed by atoms with van der Waals surface area (Å²) in [5, 5.41) is 3.89. The van der Waals surface area contributed by atoms with Crippen LogP contribution in [-0.2, 0) is 9.53 Å². The van der Waals surface area contributed by atoms with E-state index in [1.54, 1.807) is 0 Å². The fourth-order valence-corrected chi connectivity index (χ4v) is 2.49. The number of carbonyl (C=O) groups is 1. The van der Waals surface area contributed by atoms with E-state index in [-0.39, 0.29) is 12.5 Å². The number of esters is 1. The van der Waals surface area contributed by atoms with Gasteiger partial charge in [0.15, 0.2) is 5.82 Å². The van der Waals surface area contributed by atoms with Crippen LogP contribution in [0.5, 0.6) is 5.75 Å². The molecule has 0 saturated heterocycles. The highest BCUT2D eigenvalue weighted by Crippen LogP contribution is 2.26. The Morgan fingerprint density at radius 1 is 1.08 bits per heavy atom. The van der Waals surface area contributed by atoms with Crippen LogP contribution in [0, 0.1) is 0 Å². The van der Waals surface area contributed by atoms with Crippen LogP contribution in [0.4, 0.5) is 5.82 Å². The van der Waals surface area contributed by atoms with Crippen LogP contribution in [0.25, 0.3) is 22.3 Å². The normalized spacial score (nSPS) is 10.5. The van der Waals surface area contributed by atoms with Crippen molar-refractivity contribution < 1.29 is 14.3 Å². The Morgan fingerprint density at radius 2 is 1.85 bits per heavy atom. The summed E-state index contributed by atoms with van der Waals surface area (Å²) in [6, 6.07) is 15.3. The van der Waals surface area contributed by atoms with Gasteiger partial charge in [-0.25, -0.2) is 9.97 Å². The van der Waals surface area contributed by atoms with Gasteiger partial charge in [0.1, 0.15) is 18.1 Å². The predicted octanol–water partition coefficient (Wildman–Crippen LogP) is 3.67. The highest BCUT2D eigenvalue weighted by Gasteiger charge is 2.10. The zero-order valence-corrected chi connectivity index (χ0v) is 14.9. The van der Waals surface area contributed by atoms with Crippen LogP contribution in [-0.4, -0.2) is 36.2 Å². The van der Waals surface area contributed by atoms with E-state index in [9.17, 15) is 4.79 Å². The summed E-state index contributed by atoms with van der Waals surface area (Å²) < 4.78 is 10.3. The van der Waals surface area contributed by atoms with Gasteiger partial charge in [0.05, 0.1) is 19.2 Å². The molecular formula is C20H21N3O3. The van der Waals surface area contributed by atoms with Crippen LogP contribution < -0.4 is 10.1 Å². The first kappa shape index (κ1) is 17.7. The summed E-state index contributed by atoms with van der Waals surface area (Å²) in [6.07, 6.45) is 0.963. The fraction of sp³-hybridized carbons (Fsp3) is 0.250. The fourth-order valence-electron chi connectivity index (χ4n) is 2.49. The number of hydrogen-bond donors (Lipinski definition) is 1. The van der Waals surface area contributed by atoms with Crippen LogP contribution in [0.3, 0.4) is 0 Å². The van der Waals surface area contributed by atoms with Crippen molar-refractivity contribution in [1.29, 1.82) is 0 Å². The lowest BCUT2D eigenvalue weighted by Crippen LogP contribution is -2.16. The van der Waals surface area contributed by atoms with E-state index >= 15 is 0 Å². The van der Waals surface area contributed by atoms with E-state index < -0.39 is 0 Å². The van der Waals surface area contributed by atoms with Crippen molar-refractivity contribution in [3.8, 4) is 17.1 Å². The number of hydrogen-bond acceptors (Lipinski definition) is 6. The lowest BCUT2D eigenvalue weighted by atomic mass is 10.1. The molecule has 0 unspecified atom stereocenters. The number of nitrogens with one attached hydrogen (secondary N) is 1. The first-order valence-electron chi connectivity index (χ1n) is 8.52. The minimum absolute atomic E-state index is 0.0424. The van der Waals surface area contributed by atoms with Gasteiger partial charge in [-0.05, 0) is 42.8 Å². The van der Waals surface area contributed by atoms with Gasteiger partial charge in [0.2, 0.25) is 0 Å². The second-order valence-electron chi connectivity index (χ2n) is 5.72. The van der Waals surface area contributed by atoms with Crippen molar-refractivity contribution >= 4 is 22.7 Å². The second-order valence-corrected chi connectivity index (χ2v) is 5.72. The Morgan fingerprint density at radius 3 is 2.58 bits per heavy atom. The Hall–Kier alpha value is -3.15. The van der Waals surface area contributed by atoms with Gasteiger partial charge < -0.3 is 14.8 Å². The summed E-state index contributed by atoms with van der Waals surface area (Å²) in [6.45, 7) is 2.80. The molecule has 3 rings (SSSR count). The topological polar surface area (TPSA) is 73.3 Å². The Kier molecular flexibility index (Phi) is 5.63. The molecule has 0 fully saturated rings. The van der Waals surface area contributed by atoms with E-state index in [0.29, 0.717) is 18.2 Å². The van der Waals surface area contributed by atoms with Gasteiger partial charge in [-0.15, -0.1) is 0 Å². The molecule has 1 N–H and O–H groups in total. The van der Waals surface area contributed by atoms with E-state index in [2.05, 4.69) is 26.9 Å². The molecule has 1 heterocycles. The van der Waals surface area contributed by atoms with Crippen molar-refractivity contribution in [2.24, 2.45) is 0 Å². The first-order valence-corrected chi connectivity index (χ1v) is 8.52. The molecule has 0 bridgehead atoms. The third-order valence-electron chi connectivity index (χ3n) is 3.82. The molecule has 0 atom stereocenters. The largest absolute Gasteiger partial charge is 0.494 e. The van der Waals surface area contributed by atoms with E-state index in [4.69, 9.17) is 4.74 Å². The molecule has 6 nitrogen and oxygen atoms in total. The molecule has 0 aliphatic heterocycles. The van der Waals surface area contributed by atoms with Crippen LogP contribution in [0.2, 0.25) is 0 Å². The summed E-state index contributed by atoms with van der Waals surface area (Å²) in [4.78, 5) is 20.7. The second kappa shape index (κ2) is 8.29. The Labute approximate surface area is 152 Å². The molecule has 26 heavy (non-hydrogen) atoms.